The number of anilines is 1. The first-order chi connectivity index (χ1) is 13.7. The van der Waals surface area contributed by atoms with E-state index in [2.05, 4.69) is 25.8 Å². The van der Waals surface area contributed by atoms with E-state index in [9.17, 15) is 14.4 Å². The third-order valence-electron chi connectivity index (χ3n) is 4.79. The minimum Gasteiger partial charge on any atom is -0.423 e. The molecule has 2 aromatic carbocycles. The summed E-state index contributed by atoms with van der Waals surface area (Å²) in [6, 6.07) is 12.5. The van der Waals surface area contributed by atoms with Gasteiger partial charge >= 0.3 is 5.97 Å². The second-order valence-corrected chi connectivity index (χ2v) is 8.97. The van der Waals surface area contributed by atoms with E-state index >= 15 is 0 Å². The fraction of sp³-hybridized carbons (Fsp3) is 0.273. The summed E-state index contributed by atoms with van der Waals surface area (Å²) >= 11 is 1.21. The molecule has 1 aromatic heterocycles. The number of thiazole rings is 1. The van der Waals surface area contributed by atoms with Crippen molar-refractivity contribution in [3.05, 3.63) is 53.6 Å². The molecule has 2 heterocycles. The molecule has 4 rings (SSSR count). The first kappa shape index (κ1) is 19.3. The molecule has 148 valence electrons. The highest BCUT2D eigenvalue weighted by Gasteiger charge is 2.32. The zero-order chi connectivity index (χ0) is 20.8. The van der Waals surface area contributed by atoms with Crippen LogP contribution < -0.4 is 9.64 Å². The highest BCUT2D eigenvalue weighted by molar-refractivity contribution is 7.22. The van der Waals surface area contributed by atoms with Crippen LogP contribution in [0, 0.1) is 0 Å². The summed E-state index contributed by atoms with van der Waals surface area (Å²) in [5.41, 5.74) is 2.19. The summed E-state index contributed by atoms with van der Waals surface area (Å²) in [5.74, 6) is -0.486. The fourth-order valence-corrected chi connectivity index (χ4v) is 4.15. The number of ether oxygens (including phenoxy) is 1. The standard InChI is InChI=1S/C22H20N2O4S/c1-22(2,3)14-5-7-15(8-6-14)28-20(27)13-4-9-16-17(12-13)29-21(23-16)24-18(25)10-11-19(24)26/h4-9,12H,10-11H2,1-3H3. The van der Waals surface area contributed by atoms with Crippen LogP contribution >= 0.6 is 11.3 Å². The molecule has 1 aliphatic heterocycles. The monoisotopic (exact) mass is 408 g/mol. The summed E-state index contributed by atoms with van der Waals surface area (Å²) in [6.45, 7) is 6.36. The Bertz CT molecular complexity index is 1110. The second kappa shape index (κ2) is 7.08. The molecule has 0 saturated carbocycles. The van der Waals surface area contributed by atoms with E-state index in [1.807, 2.05) is 12.1 Å². The van der Waals surface area contributed by atoms with Crippen LogP contribution in [-0.2, 0) is 15.0 Å². The number of carbonyl (C=O) groups excluding carboxylic acids is 3. The lowest BCUT2D eigenvalue weighted by molar-refractivity contribution is -0.121. The number of amides is 2. The van der Waals surface area contributed by atoms with Gasteiger partial charge in [-0.05, 0) is 41.3 Å². The molecule has 0 N–H and O–H groups in total. The average molecular weight is 408 g/mol. The molecule has 2 amide bonds. The van der Waals surface area contributed by atoms with Gasteiger partial charge in [-0.3, -0.25) is 9.59 Å². The summed E-state index contributed by atoms with van der Waals surface area (Å²) in [7, 11) is 0. The molecule has 0 aliphatic carbocycles. The topological polar surface area (TPSA) is 76.6 Å². The maximum absolute atomic E-state index is 12.6. The fourth-order valence-electron chi connectivity index (χ4n) is 3.11. The molecule has 0 spiro atoms. The zero-order valence-corrected chi connectivity index (χ0v) is 17.2. The third kappa shape index (κ3) is 3.78. The van der Waals surface area contributed by atoms with Crippen molar-refractivity contribution >= 4 is 44.5 Å². The molecule has 6 nitrogen and oxygen atoms in total. The van der Waals surface area contributed by atoms with Gasteiger partial charge in [-0.15, -0.1) is 0 Å². The molecular formula is C22H20N2O4S. The van der Waals surface area contributed by atoms with Gasteiger partial charge in [0.2, 0.25) is 11.8 Å². The van der Waals surface area contributed by atoms with Crippen molar-refractivity contribution in [2.75, 3.05) is 4.90 Å². The first-order valence-corrected chi connectivity index (χ1v) is 10.1. The van der Waals surface area contributed by atoms with Crippen LogP contribution in [0.1, 0.15) is 49.5 Å². The van der Waals surface area contributed by atoms with Gasteiger partial charge in [0.25, 0.3) is 0 Å². The smallest absolute Gasteiger partial charge is 0.343 e. The number of hydrogen-bond donors (Lipinski definition) is 0. The van der Waals surface area contributed by atoms with Gasteiger partial charge in [-0.25, -0.2) is 14.7 Å². The van der Waals surface area contributed by atoms with Gasteiger partial charge in [0.05, 0.1) is 15.8 Å². The van der Waals surface area contributed by atoms with Crippen LogP contribution in [0.15, 0.2) is 42.5 Å². The average Bonchev–Trinajstić information content (AvgIpc) is 3.23. The van der Waals surface area contributed by atoms with E-state index in [0.717, 1.165) is 10.5 Å². The Kier molecular flexibility index (Phi) is 4.70. The Morgan fingerprint density at radius 1 is 1.03 bits per heavy atom. The number of nitrogens with zero attached hydrogens (tertiary/aromatic N) is 2. The minimum absolute atomic E-state index is 0.0234. The maximum atomic E-state index is 12.6. The number of imide groups is 1. The molecule has 0 radical (unpaired) electrons. The number of rotatable bonds is 3. The molecule has 7 heteroatoms. The van der Waals surface area contributed by atoms with Crippen LogP contribution in [0.5, 0.6) is 5.75 Å². The number of aromatic nitrogens is 1. The molecular weight excluding hydrogens is 388 g/mol. The molecule has 0 atom stereocenters. The number of esters is 1. The van der Waals surface area contributed by atoms with Crippen molar-refractivity contribution in [2.24, 2.45) is 0 Å². The number of fused-ring (bicyclic) bond motifs is 1. The van der Waals surface area contributed by atoms with Crippen LogP contribution in [0.25, 0.3) is 10.2 Å². The minimum atomic E-state index is -0.473. The van der Waals surface area contributed by atoms with Crippen molar-refractivity contribution in [2.45, 2.75) is 39.0 Å². The Morgan fingerprint density at radius 2 is 1.69 bits per heavy atom. The SMILES string of the molecule is CC(C)(C)c1ccc(OC(=O)c2ccc3nc(N4C(=O)CCC4=O)sc3c2)cc1. The van der Waals surface area contributed by atoms with E-state index < -0.39 is 5.97 Å². The lowest BCUT2D eigenvalue weighted by atomic mass is 9.87. The molecule has 0 bridgehead atoms. The summed E-state index contributed by atoms with van der Waals surface area (Å²) < 4.78 is 6.20. The maximum Gasteiger partial charge on any atom is 0.343 e. The van der Waals surface area contributed by atoms with E-state index in [0.29, 0.717) is 26.7 Å². The van der Waals surface area contributed by atoms with Crippen molar-refractivity contribution in [1.29, 1.82) is 0 Å². The van der Waals surface area contributed by atoms with E-state index in [-0.39, 0.29) is 30.1 Å². The predicted molar refractivity (Wildman–Crippen MR) is 111 cm³/mol. The van der Waals surface area contributed by atoms with Crippen molar-refractivity contribution in [3.63, 3.8) is 0 Å². The van der Waals surface area contributed by atoms with Crippen LogP contribution in [-0.4, -0.2) is 22.8 Å². The first-order valence-electron chi connectivity index (χ1n) is 9.31. The van der Waals surface area contributed by atoms with Gasteiger partial charge in [-0.2, -0.15) is 0 Å². The largest absolute Gasteiger partial charge is 0.423 e. The molecule has 0 unspecified atom stereocenters. The Morgan fingerprint density at radius 3 is 2.31 bits per heavy atom. The summed E-state index contributed by atoms with van der Waals surface area (Å²) in [5, 5.41) is 0.343. The lowest BCUT2D eigenvalue weighted by Gasteiger charge is -2.19. The predicted octanol–water partition coefficient (Wildman–Crippen LogP) is 4.47. The number of benzene rings is 2. The Hall–Kier alpha value is -3.06. The van der Waals surface area contributed by atoms with Crippen LogP contribution in [0.2, 0.25) is 0 Å². The normalized spacial score (nSPS) is 14.7. The third-order valence-corrected chi connectivity index (χ3v) is 5.79. The Labute approximate surface area is 172 Å². The van der Waals surface area contributed by atoms with Crippen molar-refractivity contribution in [1.82, 2.24) is 4.98 Å². The van der Waals surface area contributed by atoms with E-state index in [1.54, 1.807) is 30.3 Å². The second-order valence-electron chi connectivity index (χ2n) is 7.97. The van der Waals surface area contributed by atoms with Gasteiger partial charge in [0.15, 0.2) is 5.13 Å². The quantitative estimate of drug-likeness (QED) is 0.363. The Balaban J connectivity index is 1.55. The summed E-state index contributed by atoms with van der Waals surface area (Å²) in [6.07, 6.45) is 0.417. The van der Waals surface area contributed by atoms with Crippen molar-refractivity contribution < 1.29 is 19.1 Å². The molecule has 29 heavy (non-hydrogen) atoms. The van der Waals surface area contributed by atoms with Gasteiger partial charge in [0.1, 0.15) is 5.75 Å². The highest BCUT2D eigenvalue weighted by Crippen LogP contribution is 2.32. The molecule has 1 saturated heterocycles. The van der Waals surface area contributed by atoms with Crippen LogP contribution in [0.4, 0.5) is 5.13 Å². The van der Waals surface area contributed by atoms with E-state index in [1.165, 1.54) is 11.3 Å². The zero-order valence-electron chi connectivity index (χ0n) is 16.4. The van der Waals surface area contributed by atoms with E-state index in [4.69, 9.17) is 4.74 Å². The molecule has 1 fully saturated rings. The van der Waals surface area contributed by atoms with Crippen molar-refractivity contribution in [3.8, 4) is 5.75 Å². The van der Waals surface area contributed by atoms with Gasteiger partial charge < -0.3 is 4.74 Å². The molecule has 3 aromatic rings. The lowest BCUT2D eigenvalue weighted by Crippen LogP contribution is -2.28. The molecule has 1 aliphatic rings. The van der Waals surface area contributed by atoms with Gasteiger partial charge in [-0.1, -0.05) is 44.2 Å². The van der Waals surface area contributed by atoms with Crippen LogP contribution in [0.3, 0.4) is 0 Å². The van der Waals surface area contributed by atoms with Gasteiger partial charge in [0, 0.05) is 12.8 Å². The number of hydrogen-bond acceptors (Lipinski definition) is 6. The number of carbonyl (C=O) groups is 3. The highest BCUT2D eigenvalue weighted by atomic mass is 32.1. The summed E-state index contributed by atoms with van der Waals surface area (Å²) in [4.78, 5) is 41.9.